The van der Waals surface area contributed by atoms with Crippen molar-refractivity contribution in [2.45, 2.75) is 39.5 Å². The van der Waals surface area contributed by atoms with Crippen molar-refractivity contribution in [3.63, 3.8) is 0 Å². The van der Waals surface area contributed by atoms with Gasteiger partial charge in [0.1, 0.15) is 17.4 Å². The first kappa shape index (κ1) is 22.9. The summed E-state index contributed by atoms with van der Waals surface area (Å²) in [6.07, 6.45) is 5.15. The molecule has 180 valence electrons. The standard InChI is InChI=1S/C25H27N7O2S/c1-25(2,3)34-24(33)26-8-11-31-10-7-20-22(31)23(28-15-27-20)30-18-4-5-21-17(12-18)6-9-32(21)13-19-14-35-16-29-19/h4-7,9-10,12,14-16H,8,11,13H2,1-3H3,(H,26,33)(H,27,28,30). The van der Waals surface area contributed by atoms with E-state index in [0.29, 0.717) is 18.9 Å². The summed E-state index contributed by atoms with van der Waals surface area (Å²) >= 11 is 1.61. The molecule has 0 aliphatic heterocycles. The van der Waals surface area contributed by atoms with Crippen LogP contribution in [-0.4, -0.2) is 42.3 Å². The minimum absolute atomic E-state index is 0.422. The smallest absolute Gasteiger partial charge is 0.407 e. The molecule has 0 atom stereocenters. The van der Waals surface area contributed by atoms with Gasteiger partial charge in [-0.2, -0.15) is 0 Å². The van der Waals surface area contributed by atoms with Crippen LogP contribution in [0.15, 0.2) is 59.9 Å². The third-order valence-corrected chi connectivity index (χ3v) is 6.06. The van der Waals surface area contributed by atoms with Crippen molar-refractivity contribution in [3.8, 4) is 0 Å². The summed E-state index contributed by atoms with van der Waals surface area (Å²) in [6, 6.07) is 10.3. The minimum Gasteiger partial charge on any atom is -0.444 e. The molecule has 0 unspecified atom stereocenters. The number of anilines is 2. The topological polar surface area (TPSA) is 98.9 Å². The van der Waals surface area contributed by atoms with Crippen LogP contribution in [0.2, 0.25) is 0 Å². The number of benzene rings is 1. The monoisotopic (exact) mass is 489 g/mol. The molecule has 5 aromatic rings. The molecule has 0 radical (unpaired) electrons. The lowest BCUT2D eigenvalue weighted by Crippen LogP contribution is -2.34. The lowest BCUT2D eigenvalue weighted by atomic mass is 10.2. The van der Waals surface area contributed by atoms with E-state index in [-0.39, 0.29) is 0 Å². The maximum Gasteiger partial charge on any atom is 0.407 e. The van der Waals surface area contributed by atoms with E-state index in [4.69, 9.17) is 4.74 Å². The Morgan fingerprint density at radius 2 is 1.94 bits per heavy atom. The van der Waals surface area contributed by atoms with Gasteiger partial charge in [-0.3, -0.25) is 0 Å². The van der Waals surface area contributed by atoms with Gasteiger partial charge in [0.25, 0.3) is 0 Å². The number of aromatic nitrogens is 5. The van der Waals surface area contributed by atoms with E-state index >= 15 is 0 Å². The van der Waals surface area contributed by atoms with E-state index in [1.807, 2.05) is 49.2 Å². The van der Waals surface area contributed by atoms with Crippen molar-refractivity contribution in [3.05, 3.63) is 65.6 Å². The molecule has 0 aliphatic carbocycles. The summed E-state index contributed by atoms with van der Waals surface area (Å²) in [4.78, 5) is 25.2. The van der Waals surface area contributed by atoms with Crippen LogP contribution < -0.4 is 10.6 Å². The number of hydrogen-bond acceptors (Lipinski definition) is 7. The molecule has 9 nitrogen and oxygen atoms in total. The van der Waals surface area contributed by atoms with Crippen LogP contribution in [0.3, 0.4) is 0 Å². The van der Waals surface area contributed by atoms with Crippen LogP contribution in [0.5, 0.6) is 0 Å². The molecule has 0 saturated carbocycles. The van der Waals surface area contributed by atoms with Crippen LogP contribution in [0, 0.1) is 0 Å². The molecule has 1 aromatic carbocycles. The predicted molar refractivity (Wildman–Crippen MR) is 138 cm³/mol. The Morgan fingerprint density at radius 1 is 1.09 bits per heavy atom. The summed E-state index contributed by atoms with van der Waals surface area (Å²) in [5.74, 6) is 0.707. The fraction of sp³-hybridized carbons (Fsp3) is 0.280. The number of thiazole rings is 1. The molecule has 0 aliphatic rings. The van der Waals surface area contributed by atoms with Crippen LogP contribution in [0.4, 0.5) is 16.3 Å². The van der Waals surface area contributed by atoms with E-state index < -0.39 is 11.7 Å². The Hall–Kier alpha value is -3.92. The van der Waals surface area contributed by atoms with Crippen molar-refractivity contribution >= 4 is 50.9 Å². The molecule has 35 heavy (non-hydrogen) atoms. The van der Waals surface area contributed by atoms with E-state index in [1.54, 1.807) is 17.7 Å². The molecule has 2 N–H and O–H groups in total. The van der Waals surface area contributed by atoms with Crippen molar-refractivity contribution < 1.29 is 9.53 Å². The molecule has 10 heteroatoms. The SMILES string of the molecule is CC(C)(C)OC(=O)NCCn1ccc2ncnc(Nc3ccc4c(ccn4Cc4cscn4)c3)c21. The largest absolute Gasteiger partial charge is 0.444 e. The van der Waals surface area contributed by atoms with E-state index in [1.165, 1.54) is 0 Å². The van der Waals surface area contributed by atoms with Gasteiger partial charge in [-0.25, -0.2) is 19.7 Å². The van der Waals surface area contributed by atoms with Gasteiger partial charge in [0.2, 0.25) is 0 Å². The van der Waals surface area contributed by atoms with Crippen molar-refractivity contribution in [1.82, 2.24) is 29.4 Å². The van der Waals surface area contributed by atoms with Gasteiger partial charge in [-0.1, -0.05) is 0 Å². The van der Waals surface area contributed by atoms with Gasteiger partial charge in [-0.05, 0) is 51.1 Å². The Balaban J connectivity index is 1.32. The zero-order chi connectivity index (χ0) is 24.4. The van der Waals surface area contributed by atoms with Crippen LogP contribution in [-0.2, 0) is 17.8 Å². The first-order valence-corrected chi connectivity index (χ1v) is 12.3. The molecule has 1 amide bonds. The quantitative estimate of drug-likeness (QED) is 0.328. The third-order valence-electron chi connectivity index (χ3n) is 5.42. The highest BCUT2D eigenvalue weighted by Crippen LogP contribution is 2.27. The first-order chi connectivity index (χ1) is 16.9. The van der Waals surface area contributed by atoms with E-state index in [2.05, 4.69) is 59.9 Å². The van der Waals surface area contributed by atoms with Crippen molar-refractivity contribution in [2.75, 3.05) is 11.9 Å². The number of rotatable bonds is 7. The summed E-state index contributed by atoms with van der Waals surface area (Å²) in [5.41, 5.74) is 6.17. The van der Waals surface area contributed by atoms with Crippen molar-refractivity contribution in [2.24, 2.45) is 0 Å². The molecule has 5 rings (SSSR count). The minimum atomic E-state index is -0.530. The highest BCUT2D eigenvalue weighted by Gasteiger charge is 2.16. The maximum absolute atomic E-state index is 12.0. The zero-order valence-corrected chi connectivity index (χ0v) is 20.7. The van der Waals surface area contributed by atoms with Gasteiger partial charge >= 0.3 is 6.09 Å². The number of nitrogens with zero attached hydrogens (tertiary/aromatic N) is 5. The van der Waals surface area contributed by atoms with Gasteiger partial charge in [0.15, 0.2) is 5.82 Å². The highest BCUT2D eigenvalue weighted by molar-refractivity contribution is 7.07. The summed E-state index contributed by atoms with van der Waals surface area (Å²) in [7, 11) is 0. The molecule has 0 saturated heterocycles. The van der Waals surface area contributed by atoms with Gasteiger partial charge in [0.05, 0.1) is 23.3 Å². The Labute approximate surface area is 206 Å². The number of amides is 1. The molecular weight excluding hydrogens is 462 g/mol. The Morgan fingerprint density at radius 3 is 2.74 bits per heavy atom. The fourth-order valence-corrected chi connectivity index (χ4v) is 4.50. The third kappa shape index (κ3) is 5.27. The van der Waals surface area contributed by atoms with E-state index in [0.717, 1.165) is 39.9 Å². The number of fused-ring (bicyclic) bond motifs is 2. The molecule has 4 heterocycles. The van der Waals surface area contributed by atoms with Gasteiger partial charge in [0, 0.05) is 47.5 Å². The Kier molecular flexibility index (Phi) is 6.12. The molecule has 4 aromatic heterocycles. The van der Waals surface area contributed by atoms with Crippen LogP contribution in [0.1, 0.15) is 26.5 Å². The van der Waals surface area contributed by atoms with Gasteiger partial charge < -0.3 is 24.5 Å². The first-order valence-electron chi connectivity index (χ1n) is 11.4. The molecule has 0 spiro atoms. The van der Waals surface area contributed by atoms with Gasteiger partial charge in [-0.15, -0.1) is 11.3 Å². The lowest BCUT2D eigenvalue weighted by molar-refractivity contribution is 0.0526. The average molecular weight is 490 g/mol. The number of ether oxygens (including phenoxy) is 1. The zero-order valence-electron chi connectivity index (χ0n) is 19.9. The van der Waals surface area contributed by atoms with Crippen LogP contribution in [0.25, 0.3) is 21.9 Å². The summed E-state index contributed by atoms with van der Waals surface area (Å²) in [5, 5.41) is 9.45. The number of carbonyl (C=O) groups excluding carboxylic acids is 1. The highest BCUT2D eigenvalue weighted by atomic mass is 32.1. The molecule has 0 fully saturated rings. The lowest BCUT2D eigenvalue weighted by Gasteiger charge is -2.19. The number of nitrogens with one attached hydrogen (secondary N) is 2. The second kappa shape index (κ2) is 9.38. The second-order valence-corrected chi connectivity index (χ2v) is 9.93. The summed E-state index contributed by atoms with van der Waals surface area (Å²) in [6.45, 7) is 7.25. The second-order valence-electron chi connectivity index (χ2n) is 9.22. The normalized spacial score (nSPS) is 11.7. The molecular formula is C25H27N7O2S. The maximum atomic E-state index is 12.0. The number of carbonyl (C=O) groups is 1. The van der Waals surface area contributed by atoms with E-state index in [9.17, 15) is 4.79 Å². The number of alkyl carbamates (subject to hydrolysis) is 1. The summed E-state index contributed by atoms with van der Waals surface area (Å²) < 4.78 is 9.53. The fourth-order valence-electron chi connectivity index (χ4n) is 3.95. The van der Waals surface area contributed by atoms with Crippen LogP contribution >= 0.6 is 11.3 Å². The molecule has 0 bridgehead atoms. The Bertz CT molecular complexity index is 1460. The average Bonchev–Trinajstić information content (AvgIpc) is 3.54. The van der Waals surface area contributed by atoms with Crippen molar-refractivity contribution in [1.29, 1.82) is 0 Å². The predicted octanol–water partition coefficient (Wildman–Crippen LogP) is 5.16. The number of hydrogen-bond donors (Lipinski definition) is 2.